The molecule has 1 aromatic rings. The summed E-state index contributed by atoms with van der Waals surface area (Å²) in [5.74, 6) is -0.426. The van der Waals surface area contributed by atoms with Gasteiger partial charge in [0.25, 0.3) is 0 Å². The average Bonchev–Trinajstić information content (AvgIpc) is 3.14. The molecule has 2 aliphatic rings. The number of hydrogen-bond acceptors (Lipinski definition) is 7. The number of rotatable bonds is 6. The zero-order valence-electron chi connectivity index (χ0n) is 14.9. The summed E-state index contributed by atoms with van der Waals surface area (Å²) in [5.41, 5.74) is 6.70. The second-order valence-electron chi connectivity index (χ2n) is 6.52. The lowest BCUT2D eigenvalue weighted by Gasteiger charge is -2.35. The number of carbonyl (C=O) groups is 1. The van der Waals surface area contributed by atoms with Gasteiger partial charge in [-0.15, -0.1) is 0 Å². The molecule has 2 N–H and O–H groups in total. The zero-order chi connectivity index (χ0) is 18.6. The molecule has 2 unspecified atom stereocenters. The van der Waals surface area contributed by atoms with E-state index in [4.69, 9.17) is 4.74 Å². The van der Waals surface area contributed by atoms with E-state index in [0.717, 1.165) is 6.54 Å². The number of hydrazine groups is 1. The highest BCUT2D eigenvalue weighted by Gasteiger charge is 2.41. The first-order valence-corrected chi connectivity index (χ1v) is 10.4. The summed E-state index contributed by atoms with van der Waals surface area (Å²) in [7, 11) is -3.51. The standard InChI is InChI=1S/C17H26N4O4S/c1-2-25-17(22)15-12-16(19-18-15)26(23,24)21-10-8-20(9-11-21)13-14-6-4-3-5-7-14/h3-7,15-16,18-19H,2,8-13H2,1H3. The van der Waals surface area contributed by atoms with Gasteiger partial charge in [-0.1, -0.05) is 30.3 Å². The molecular weight excluding hydrogens is 356 g/mol. The fraction of sp³-hybridized carbons (Fsp3) is 0.588. The molecular formula is C17H26N4O4S. The van der Waals surface area contributed by atoms with Gasteiger partial charge < -0.3 is 4.74 Å². The monoisotopic (exact) mass is 382 g/mol. The van der Waals surface area contributed by atoms with Crippen molar-refractivity contribution in [2.45, 2.75) is 31.3 Å². The van der Waals surface area contributed by atoms with Gasteiger partial charge in [-0.3, -0.25) is 9.69 Å². The van der Waals surface area contributed by atoms with Crippen LogP contribution >= 0.6 is 0 Å². The Balaban J connectivity index is 1.53. The lowest BCUT2D eigenvalue weighted by Crippen LogP contribution is -2.53. The molecule has 0 amide bonds. The summed E-state index contributed by atoms with van der Waals surface area (Å²) in [6, 6.07) is 9.53. The number of sulfonamides is 1. The maximum Gasteiger partial charge on any atom is 0.324 e. The summed E-state index contributed by atoms with van der Waals surface area (Å²) in [6.07, 6.45) is 0.172. The van der Waals surface area contributed by atoms with Gasteiger partial charge in [-0.25, -0.2) is 19.3 Å². The number of hydrogen-bond donors (Lipinski definition) is 2. The van der Waals surface area contributed by atoms with Gasteiger partial charge in [-0.05, 0) is 12.5 Å². The van der Waals surface area contributed by atoms with E-state index < -0.39 is 27.4 Å². The highest BCUT2D eigenvalue weighted by atomic mass is 32.2. The fourth-order valence-corrected chi connectivity index (χ4v) is 4.97. The Labute approximate surface area is 154 Å². The fourth-order valence-electron chi connectivity index (χ4n) is 3.28. The number of esters is 1. The van der Waals surface area contributed by atoms with Gasteiger partial charge in [0, 0.05) is 39.1 Å². The van der Waals surface area contributed by atoms with E-state index in [1.54, 1.807) is 6.92 Å². The Morgan fingerprint density at radius 1 is 1.15 bits per heavy atom. The Hall–Kier alpha value is -1.52. The third-order valence-corrected chi connectivity index (χ3v) is 6.85. The average molecular weight is 382 g/mol. The Bertz CT molecular complexity index is 705. The van der Waals surface area contributed by atoms with Crippen molar-refractivity contribution in [2.24, 2.45) is 0 Å². The SMILES string of the molecule is CCOC(=O)C1CC(S(=O)(=O)N2CCN(Cc3ccccc3)CC2)NN1. The normalized spacial score (nSPS) is 25.3. The van der Waals surface area contributed by atoms with Crippen LogP contribution in [0, 0.1) is 0 Å². The molecule has 0 bridgehead atoms. The molecule has 0 spiro atoms. The molecule has 8 nitrogen and oxygen atoms in total. The highest BCUT2D eigenvalue weighted by molar-refractivity contribution is 7.89. The molecule has 2 saturated heterocycles. The number of ether oxygens (including phenoxy) is 1. The quantitative estimate of drug-likeness (QED) is 0.664. The molecule has 2 heterocycles. The lowest BCUT2D eigenvalue weighted by atomic mass is 10.2. The third kappa shape index (κ3) is 4.41. The van der Waals surface area contributed by atoms with Crippen LogP contribution in [0.5, 0.6) is 0 Å². The van der Waals surface area contributed by atoms with Crippen LogP contribution in [0.2, 0.25) is 0 Å². The van der Waals surface area contributed by atoms with E-state index in [1.807, 2.05) is 18.2 Å². The topological polar surface area (TPSA) is 91.0 Å². The summed E-state index contributed by atoms with van der Waals surface area (Å²) < 4.78 is 32.1. The molecule has 0 aromatic heterocycles. The number of benzene rings is 1. The predicted octanol–water partition coefficient (Wildman–Crippen LogP) is -0.110. The van der Waals surface area contributed by atoms with Crippen LogP contribution in [0.4, 0.5) is 0 Å². The molecule has 144 valence electrons. The molecule has 0 radical (unpaired) electrons. The second-order valence-corrected chi connectivity index (χ2v) is 8.64. The van der Waals surface area contributed by atoms with Crippen LogP contribution < -0.4 is 10.9 Å². The van der Waals surface area contributed by atoms with Gasteiger partial charge in [-0.2, -0.15) is 4.31 Å². The summed E-state index contributed by atoms with van der Waals surface area (Å²) in [6.45, 7) is 5.12. The molecule has 2 aliphatic heterocycles. The van der Waals surface area contributed by atoms with Crippen LogP contribution in [-0.2, 0) is 26.1 Å². The first kappa shape index (κ1) is 19.2. The van der Waals surface area contributed by atoms with Crippen LogP contribution in [0.3, 0.4) is 0 Å². The maximum atomic E-state index is 12.8. The van der Waals surface area contributed by atoms with E-state index in [-0.39, 0.29) is 13.0 Å². The van der Waals surface area contributed by atoms with Crippen molar-refractivity contribution < 1.29 is 17.9 Å². The van der Waals surface area contributed by atoms with E-state index in [9.17, 15) is 13.2 Å². The van der Waals surface area contributed by atoms with Crippen molar-refractivity contribution in [2.75, 3.05) is 32.8 Å². The molecule has 9 heteroatoms. The van der Waals surface area contributed by atoms with Gasteiger partial charge in [0.15, 0.2) is 0 Å². The van der Waals surface area contributed by atoms with Gasteiger partial charge >= 0.3 is 5.97 Å². The van der Waals surface area contributed by atoms with Crippen molar-refractivity contribution in [1.29, 1.82) is 0 Å². The van der Waals surface area contributed by atoms with Crippen molar-refractivity contribution >= 4 is 16.0 Å². The predicted molar refractivity (Wildman–Crippen MR) is 97.3 cm³/mol. The first-order chi connectivity index (χ1) is 12.5. The number of piperazine rings is 1. The van der Waals surface area contributed by atoms with Gasteiger partial charge in [0.1, 0.15) is 11.4 Å². The summed E-state index contributed by atoms with van der Waals surface area (Å²) in [5, 5.41) is -0.808. The highest BCUT2D eigenvalue weighted by Crippen LogP contribution is 2.19. The number of nitrogens with zero attached hydrogens (tertiary/aromatic N) is 2. The molecule has 2 fully saturated rings. The van der Waals surface area contributed by atoms with Crippen LogP contribution in [0.15, 0.2) is 30.3 Å². The molecule has 26 heavy (non-hydrogen) atoms. The minimum Gasteiger partial charge on any atom is -0.465 e. The van der Waals surface area contributed by atoms with Crippen LogP contribution in [0.1, 0.15) is 18.9 Å². The number of nitrogens with one attached hydrogen (secondary N) is 2. The van der Waals surface area contributed by atoms with Gasteiger partial charge in [0.05, 0.1) is 6.61 Å². The minimum absolute atomic E-state index is 0.172. The minimum atomic E-state index is -3.51. The summed E-state index contributed by atoms with van der Waals surface area (Å²) in [4.78, 5) is 14.0. The number of carbonyl (C=O) groups excluding carboxylic acids is 1. The van der Waals surface area contributed by atoms with Crippen LogP contribution in [0.25, 0.3) is 0 Å². The largest absolute Gasteiger partial charge is 0.465 e. The van der Waals surface area contributed by atoms with Crippen LogP contribution in [-0.4, -0.2) is 67.8 Å². The van der Waals surface area contributed by atoms with Crippen molar-refractivity contribution in [3.8, 4) is 0 Å². The first-order valence-electron chi connectivity index (χ1n) is 8.93. The maximum absolute atomic E-state index is 12.8. The summed E-state index contributed by atoms with van der Waals surface area (Å²) >= 11 is 0. The van der Waals surface area contributed by atoms with E-state index in [0.29, 0.717) is 26.2 Å². The Morgan fingerprint density at radius 3 is 2.50 bits per heavy atom. The van der Waals surface area contributed by atoms with Crippen molar-refractivity contribution in [3.63, 3.8) is 0 Å². The lowest BCUT2D eigenvalue weighted by molar-refractivity contribution is -0.145. The molecule has 0 saturated carbocycles. The molecule has 2 atom stereocenters. The van der Waals surface area contributed by atoms with Crippen molar-refractivity contribution in [1.82, 2.24) is 20.1 Å². The van der Waals surface area contributed by atoms with E-state index >= 15 is 0 Å². The molecule has 1 aromatic carbocycles. The smallest absolute Gasteiger partial charge is 0.324 e. The molecule has 3 rings (SSSR count). The Kier molecular flexibility index (Phi) is 6.25. The third-order valence-electron chi connectivity index (χ3n) is 4.74. The Morgan fingerprint density at radius 2 is 1.85 bits per heavy atom. The van der Waals surface area contributed by atoms with E-state index in [2.05, 4.69) is 27.9 Å². The second kappa shape index (κ2) is 8.45. The molecule has 0 aliphatic carbocycles. The van der Waals surface area contributed by atoms with Gasteiger partial charge in [0.2, 0.25) is 10.0 Å². The van der Waals surface area contributed by atoms with Crippen molar-refractivity contribution in [3.05, 3.63) is 35.9 Å². The zero-order valence-corrected chi connectivity index (χ0v) is 15.7. The van der Waals surface area contributed by atoms with E-state index in [1.165, 1.54) is 9.87 Å².